The summed E-state index contributed by atoms with van der Waals surface area (Å²) in [6.07, 6.45) is 6.16. The zero-order valence-corrected chi connectivity index (χ0v) is 37.2. The van der Waals surface area contributed by atoms with Crippen molar-refractivity contribution >= 4 is 46.3 Å². The maximum Gasteiger partial charge on any atom is 0.407 e. The van der Waals surface area contributed by atoms with Crippen molar-refractivity contribution in [2.24, 2.45) is 34.6 Å². The number of nitrogens with zero attached hydrogens (tertiary/aromatic N) is 2. The van der Waals surface area contributed by atoms with Crippen LogP contribution in [-0.4, -0.2) is 76.4 Å². The number of ketones is 2. The van der Waals surface area contributed by atoms with Crippen molar-refractivity contribution in [3.05, 3.63) is 83.4 Å². The van der Waals surface area contributed by atoms with Crippen LogP contribution in [-0.2, 0) is 36.9 Å². The van der Waals surface area contributed by atoms with Gasteiger partial charge in [0.05, 0.1) is 29.5 Å². The largest absolute Gasteiger partial charge is 0.445 e. The maximum atomic E-state index is 14.4. The number of alkyl carbamates (subject to hydrolysis) is 1. The summed E-state index contributed by atoms with van der Waals surface area (Å²) in [6, 6.07) is 18.0. The Morgan fingerprint density at radius 2 is 1.63 bits per heavy atom. The van der Waals surface area contributed by atoms with Crippen LogP contribution in [0.4, 0.5) is 4.79 Å². The molecule has 0 bridgehead atoms. The van der Waals surface area contributed by atoms with Gasteiger partial charge in [0.15, 0.2) is 11.6 Å². The number of hydrogen-bond donors (Lipinski definition) is 2. The van der Waals surface area contributed by atoms with E-state index in [9.17, 15) is 24.0 Å². The van der Waals surface area contributed by atoms with E-state index in [1.54, 1.807) is 16.7 Å². The third-order valence-corrected chi connectivity index (χ3v) is 12.7. The van der Waals surface area contributed by atoms with Gasteiger partial charge in [-0.25, -0.2) is 4.79 Å². The number of likely N-dealkylation sites (tertiary alicyclic amines) is 1. The van der Waals surface area contributed by atoms with E-state index in [-0.39, 0.29) is 55.3 Å². The number of hydrogen-bond acceptors (Lipinski definition) is 8. The summed E-state index contributed by atoms with van der Waals surface area (Å²) >= 11 is 1.59. The molecule has 0 aliphatic carbocycles. The van der Waals surface area contributed by atoms with Gasteiger partial charge in [-0.1, -0.05) is 114 Å². The molecule has 0 radical (unpaired) electrons. The van der Waals surface area contributed by atoms with E-state index in [0.717, 1.165) is 35.4 Å². The summed E-state index contributed by atoms with van der Waals surface area (Å²) in [4.78, 5) is 75.3. The highest BCUT2D eigenvalue weighted by Gasteiger charge is 2.39. The smallest absolute Gasteiger partial charge is 0.407 e. The first kappa shape index (κ1) is 47.4. The number of allylic oxidation sites excluding steroid dienone is 1. The molecule has 2 unspecified atom stereocenters. The van der Waals surface area contributed by atoms with Crippen LogP contribution in [0.3, 0.4) is 0 Å². The quantitative estimate of drug-likeness (QED) is 0.0896. The van der Waals surface area contributed by atoms with Crippen LogP contribution in [0.25, 0.3) is 0 Å². The molecule has 1 saturated heterocycles. The predicted molar refractivity (Wildman–Crippen MR) is 238 cm³/mol. The second kappa shape index (κ2) is 24.1. The van der Waals surface area contributed by atoms with Gasteiger partial charge in [0.25, 0.3) is 0 Å². The molecule has 2 aliphatic rings. The number of rotatable bonds is 22. The molecule has 0 spiro atoms. The lowest BCUT2D eigenvalue weighted by molar-refractivity contribution is -0.141. The van der Waals surface area contributed by atoms with Gasteiger partial charge in [0, 0.05) is 37.2 Å². The molecule has 2 aliphatic heterocycles. The lowest BCUT2D eigenvalue weighted by atomic mass is 9.86. The Bertz CT molecular complexity index is 1750. The highest BCUT2D eigenvalue weighted by Crippen LogP contribution is 2.29. The van der Waals surface area contributed by atoms with E-state index in [1.807, 2.05) is 74.5 Å². The molecule has 0 aromatic heterocycles. The number of ether oxygens (including phenoxy) is 1. The molecule has 6 atom stereocenters. The number of aliphatic imine (C=N–C) groups is 1. The second-order valence-corrected chi connectivity index (χ2v) is 18.8. The Balaban J connectivity index is 1.44. The number of carbonyl (C=O) groups excluding carboxylic acids is 5. The fraction of sp³-hybridized carbons (Fsp3) is 0.583. The van der Waals surface area contributed by atoms with Gasteiger partial charge in [-0.05, 0) is 80.8 Å². The Labute approximate surface area is 357 Å². The lowest BCUT2D eigenvalue weighted by Gasteiger charge is -2.30. The fourth-order valence-electron chi connectivity index (χ4n) is 7.95. The molecule has 1 fully saturated rings. The minimum atomic E-state index is -0.821. The standard InChI is InChI=1S/C48H68N4O6S/c1-32(2)26-34(5)35(6)27-39(28-37-16-10-8-11-17-37)47(56)52-25-15-21-42(52)44(54)29-40(33(3)4)46(55)51-41(43(53)30-45-49-24-22-36(7)59-45)20-14-23-50-48(57)58-31-38-18-12-9-13-19-38/h8-13,16-19,27,32-34,36,39-42H,14-15,20-26,28-31H2,1-7H3,(H,50,57)(H,51,55)/b35-27+/t34-,36?,39+,40-,41?,42-/m0/s1. The number of thioether (sulfide) groups is 1. The third-order valence-electron chi connectivity index (χ3n) is 11.5. The Morgan fingerprint density at radius 3 is 2.27 bits per heavy atom. The SMILES string of the molecule is C/C(=C\[C@H](Cc1ccccc1)C(=O)N1CCC[C@H]1C(=O)C[C@H](C(=O)NC(CCCNC(=O)OCc1ccccc1)C(=O)CC1=NCCC(C)S1)C(C)C)[C@@H](C)CC(C)C. The number of carbonyl (C=O) groups is 5. The topological polar surface area (TPSA) is 134 Å². The minimum Gasteiger partial charge on any atom is -0.445 e. The van der Waals surface area contributed by atoms with Crippen molar-refractivity contribution in [1.29, 1.82) is 0 Å². The summed E-state index contributed by atoms with van der Waals surface area (Å²) in [6.45, 7) is 16.2. The van der Waals surface area contributed by atoms with Crippen LogP contribution in [0.15, 0.2) is 77.3 Å². The molecule has 59 heavy (non-hydrogen) atoms. The predicted octanol–water partition coefficient (Wildman–Crippen LogP) is 8.77. The molecule has 2 heterocycles. The number of amides is 3. The van der Waals surface area contributed by atoms with E-state index in [4.69, 9.17) is 4.74 Å². The zero-order valence-electron chi connectivity index (χ0n) is 36.4. The minimum absolute atomic E-state index is 0.0304. The molecule has 11 heteroatoms. The molecule has 2 aromatic carbocycles. The van der Waals surface area contributed by atoms with Crippen LogP contribution >= 0.6 is 11.8 Å². The van der Waals surface area contributed by atoms with Crippen molar-refractivity contribution in [2.75, 3.05) is 19.6 Å². The Hall–Kier alpha value is -4.25. The molecule has 2 aromatic rings. The van der Waals surface area contributed by atoms with Crippen LogP contribution in [0.2, 0.25) is 0 Å². The van der Waals surface area contributed by atoms with E-state index < -0.39 is 30.0 Å². The summed E-state index contributed by atoms with van der Waals surface area (Å²) in [5.74, 6) is -1.12. The van der Waals surface area contributed by atoms with Gasteiger partial charge in [-0.3, -0.25) is 24.2 Å². The molecule has 3 amide bonds. The van der Waals surface area contributed by atoms with Gasteiger partial charge in [0.1, 0.15) is 6.61 Å². The number of Topliss-reactive ketones (excluding diaryl/α,β-unsaturated/α-hetero) is 2. The average molecular weight is 829 g/mol. The number of benzene rings is 2. The first-order valence-corrected chi connectivity index (χ1v) is 22.6. The van der Waals surface area contributed by atoms with Gasteiger partial charge in [-0.15, -0.1) is 11.8 Å². The summed E-state index contributed by atoms with van der Waals surface area (Å²) in [5, 5.41) is 6.89. The fourth-order valence-corrected chi connectivity index (χ4v) is 9.03. The molecular formula is C48H68N4O6S. The van der Waals surface area contributed by atoms with Crippen molar-refractivity contribution < 1.29 is 28.7 Å². The zero-order chi connectivity index (χ0) is 42.9. The van der Waals surface area contributed by atoms with Gasteiger partial charge in [-0.2, -0.15) is 0 Å². The van der Waals surface area contributed by atoms with Crippen LogP contribution in [0.1, 0.15) is 111 Å². The highest BCUT2D eigenvalue weighted by molar-refractivity contribution is 8.14. The van der Waals surface area contributed by atoms with Crippen molar-refractivity contribution in [2.45, 2.75) is 130 Å². The Kier molecular flexibility index (Phi) is 19.4. The summed E-state index contributed by atoms with van der Waals surface area (Å²) in [5.41, 5.74) is 3.12. The van der Waals surface area contributed by atoms with Crippen LogP contribution in [0, 0.1) is 29.6 Å². The molecule has 4 rings (SSSR count). The van der Waals surface area contributed by atoms with Crippen LogP contribution in [0.5, 0.6) is 0 Å². The monoisotopic (exact) mass is 828 g/mol. The molecule has 0 saturated carbocycles. The van der Waals surface area contributed by atoms with Gasteiger partial charge < -0.3 is 20.3 Å². The van der Waals surface area contributed by atoms with E-state index in [0.29, 0.717) is 55.9 Å². The van der Waals surface area contributed by atoms with Crippen molar-refractivity contribution in [1.82, 2.24) is 15.5 Å². The first-order chi connectivity index (χ1) is 28.2. The average Bonchev–Trinajstić information content (AvgIpc) is 3.70. The molecule has 10 nitrogen and oxygen atoms in total. The normalized spacial score (nSPS) is 19.1. The molecule has 322 valence electrons. The van der Waals surface area contributed by atoms with E-state index in [2.05, 4.69) is 56.3 Å². The lowest BCUT2D eigenvalue weighted by Crippen LogP contribution is -2.48. The molecule has 2 N–H and O–H groups in total. The first-order valence-electron chi connectivity index (χ1n) is 21.7. The summed E-state index contributed by atoms with van der Waals surface area (Å²) in [7, 11) is 0. The van der Waals surface area contributed by atoms with E-state index >= 15 is 0 Å². The van der Waals surface area contributed by atoms with Gasteiger partial charge >= 0.3 is 6.09 Å². The van der Waals surface area contributed by atoms with E-state index in [1.165, 1.54) is 5.57 Å². The highest BCUT2D eigenvalue weighted by atomic mass is 32.2. The number of nitrogens with one attached hydrogen (secondary N) is 2. The maximum absolute atomic E-state index is 14.4. The van der Waals surface area contributed by atoms with Crippen molar-refractivity contribution in [3.8, 4) is 0 Å². The summed E-state index contributed by atoms with van der Waals surface area (Å²) < 4.78 is 5.33. The third kappa shape index (κ3) is 15.7. The molecular weight excluding hydrogens is 761 g/mol. The Morgan fingerprint density at radius 1 is 0.949 bits per heavy atom. The van der Waals surface area contributed by atoms with Crippen molar-refractivity contribution in [3.63, 3.8) is 0 Å². The van der Waals surface area contributed by atoms with Crippen LogP contribution < -0.4 is 10.6 Å². The second-order valence-electron chi connectivity index (χ2n) is 17.3. The van der Waals surface area contributed by atoms with Gasteiger partial charge in [0.2, 0.25) is 11.8 Å².